The fourth-order valence-electron chi connectivity index (χ4n) is 2.09. The summed E-state index contributed by atoms with van der Waals surface area (Å²) in [4.78, 5) is 20.4. The summed E-state index contributed by atoms with van der Waals surface area (Å²) in [7, 11) is 2.10. The van der Waals surface area contributed by atoms with Crippen LogP contribution in [0.3, 0.4) is 0 Å². The van der Waals surface area contributed by atoms with Crippen LogP contribution in [0.1, 0.15) is 12.6 Å². The van der Waals surface area contributed by atoms with Gasteiger partial charge in [-0.05, 0) is 14.0 Å². The van der Waals surface area contributed by atoms with Crippen molar-refractivity contribution >= 4 is 17.2 Å². The fraction of sp³-hybridized carbons (Fsp3) is 0.636. The molecular weight excluding hydrogens is 222 g/mol. The van der Waals surface area contributed by atoms with Crippen LogP contribution in [-0.2, 0) is 11.2 Å². The van der Waals surface area contributed by atoms with Crippen LogP contribution in [-0.4, -0.2) is 53.4 Å². The first-order valence-corrected chi connectivity index (χ1v) is 6.46. The predicted molar refractivity (Wildman–Crippen MR) is 64.5 cm³/mol. The number of likely N-dealkylation sites (N-methyl/N-ethyl adjacent to an activating group) is 1. The molecule has 0 unspecified atom stereocenters. The maximum atomic E-state index is 12.1. The number of rotatable bonds is 2. The van der Waals surface area contributed by atoms with Gasteiger partial charge in [-0.15, -0.1) is 11.3 Å². The molecule has 0 bridgehead atoms. The number of nitrogens with zero attached hydrogens (tertiary/aromatic N) is 3. The van der Waals surface area contributed by atoms with Gasteiger partial charge in [0.25, 0.3) is 0 Å². The monoisotopic (exact) mass is 239 g/mol. The van der Waals surface area contributed by atoms with E-state index < -0.39 is 0 Å². The van der Waals surface area contributed by atoms with E-state index in [4.69, 9.17) is 0 Å². The van der Waals surface area contributed by atoms with E-state index in [1.807, 2.05) is 10.3 Å². The van der Waals surface area contributed by atoms with Gasteiger partial charge in [0.2, 0.25) is 5.91 Å². The van der Waals surface area contributed by atoms with Crippen LogP contribution in [0, 0.1) is 0 Å². The van der Waals surface area contributed by atoms with Crippen molar-refractivity contribution in [3.8, 4) is 0 Å². The first kappa shape index (κ1) is 11.5. The van der Waals surface area contributed by atoms with Crippen molar-refractivity contribution in [2.75, 3.05) is 26.7 Å². The molecule has 0 saturated carbocycles. The molecule has 2 heterocycles. The van der Waals surface area contributed by atoms with Crippen LogP contribution in [0.15, 0.2) is 10.9 Å². The van der Waals surface area contributed by atoms with E-state index in [1.54, 1.807) is 5.51 Å². The van der Waals surface area contributed by atoms with Crippen LogP contribution in [0.2, 0.25) is 0 Å². The highest BCUT2D eigenvalue weighted by Gasteiger charge is 2.25. The summed E-state index contributed by atoms with van der Waals surface area (Å²) in [5.74, 6) is 0.200. The van der Waals surface area contributed by atoms with E-state index in [1.165, 1.54) is 11.3 Å². The normalized spacial score (nSPS) is 22.4. The Bertz CT molecular complexity index is 352. The van der Waals surface area contributed by atoms with Gasteiger partial charge in [-0.2, -0.15) is 0 Å². The second-order valence-electron chi connectivity index (χ2n) is 4.35. The zero-order valence-corrected chi connectivity index (χ0v) is 10.5. The van der Waals surface area contributed by atoms with Crippen LogP contribution >= 0.6 is 11.3 Å². The topological polar surface area (TPSA) is 36.4 Å². The summed E-state index contributed by atoms with van der Waals surface area (Å²) in [6.45, 7) is 4.87. The van der Waals surface area contributed by atoms with Crippen LogP contribution < -0.4 is 0 Å². The number of hydrogen-bond donors (Lipinski definition) is 0. The average molecular weight is 239 g/mol. The molecule has 0 spiro atoms. The van der Waals surface area contributed by atoms with Gasteiger partial charge < -0.3 is 9.80 Å². The summed E-state index contributed by atoms with van der Waals surface area (Å²) >= 11 is 1.54. The van der Waals surface area contributed by atoms with E-state index in [0.717, 1.165) is 25.3 Å². The van der Waals surface area contributed by atoms with Gasteiger partial charge >= 0.3 is 0 Å². The lowest BCUT2D eigenvalue weighted by Crippen LogP contribution is -2.53. The second kappa shape index (κ2) is 4.93. The number of amides is 1. The minimum absolute atomic E-state index is 0.200. The summed E-state index contributed by atoms with van der Waals surface area (Å²) in [6.07, 6.45) is 0.442. The molecule has 0 aromatic carbocycles. The van der Waals surface area contributed by atoms with E-state index in [2.05, 4.69) is 23.9 Å². The molecule has 2 rings (SSSR count). The molecule has 1 aromatic heterocycles. The molecule has 1 aromatic rings. The van der Waals surface area contributed by atoms with Crippen molar-refractivity contribution in [1.29, 1.82) is 0 Å². The maximum absolute atomic E-state index is 12.1. The molecular formula is C11H17N3OS. The minimum Gasteiger partial charge on any atom is -0.337 e. The molecule has 1 aliphatic heterocycles. The number of piperazine rings is 1. The van der Waals surface area contributed by atoms with Gasteiger partial charge in [-0.3, -0.25) is 4.79 Å². The van der Waals surface area contributed by atoms with Crippen LogP contribution in [0.4, 0.5) is 0 Å². The molecule has 1 fully saturated rings. The maximum Gasteiger partial charge on any atom is 0.228 e. The average Bonchev–Trinajstić information content (AvgIpc) is 2.70. The van der Waals surface area contributed by atoms with Crippen molar-refractivity contribution < 1.29 is 4.79 Å². The van der Waals surface area contributed by atoms with Gasteiger partial charge in [0.1, 0.15) is 0 Å². The van der Waals surface area contributed by atoms with Gasteiger partial charge in [-0.1, -0.05) is 0 Å². The Kier molecular flexibility index (Phi) is 3.56. The lowest BCUT2D eigenvalue weighted by atomic mass is 10.1. The summed E-state index contributed by atoms with van der Waals surface area (Å²) < 4.78 is 0. The number of thiazole rings is 1. The van der Waals surface area contributed by atoms with Gasteiger partial charge in [0.15, 0.2) is 0 Å². The predicted octanol–water partition coefficient (Wildman–Crippen LogP) is 0.848. The quantitative estimate of drug-likeness (QED) is 0.767. The number of aromatic nitrogens is 1. The standard InChI is InChI=1S/C11H17N3OS/c1-9-6-13(2)3-4-14(9)11(15)5-10-7-16-8-12-10/h7-9H,3-6H2,1-2H3/t9-/m1/s1. The number of carbonyl (C=O) groups excluding carboxylic acids is 1. The van der Waals surface area contributed by atoms with E-state index in [-0.39, 0.29) is 5.91 Å². The highest BCUT2D eigenvalue weighted by atomic mass is 32.1. The van der Waals surface area contributed by atoms with Crippen molar-refractivity contribution in [2.45, 2.75) is 19.4 Å². The van der Waals surface area contributed by atoms with Crippen LogP contribution in [0.5, 0.6) is 0 Å². The van der Waals surface area contributed by atoms with Crippen LogP contribution in [0.25, 0.3) is 0 Å². The number of hydrogen-bond acceptors (Lipinski definition) is 4. The molecule has 0 radical (unpaired) electrons. The first-order chi connectivity index (χ1) is 7.66. The summed E-state index contributed by atoms with van der Waals surface area (Å²) in [6, 6.07) is 0.310. The van der Waals surface area contributed by atoms with E-state index in [0.29, 0.717) is 12.5 Å². The largest absolute Gasteiger partial charge is 0.337 e. The van der Waals surface area contributed by atoms with Gasteiger partial charge in [-0.25, -0.2) is 4.98 Å². The minimum atomic E-state index is 0.200. The Hall–Kier alpha value is -0.940. The van der Waals surface area contributed by atoms with E-state index >= 15 is 0 Å². The Morgan fingerprint density at radius 2 is 2.44 bits per heavy atom. The molecule has 1 atom stereocenters. The lowest BCUT2D eigenvalue weighted by molar-refractivity contribution is -0.134. The molecule has 1 amide bonds. The second-order valence-corrected chi connectivity index (χ2v) is 5.07. The van der Waals surface area contributed by atoms with Crippen molar-refractivity contribution in [2.24, 2.45) is 0 Å². The molecule has 88 valence electrons. The Balaban J connectivity index is 1.94. The summed E-state index contributed by atoms with van der Waals surface area (Å²) in [5.41, 5.74) is 2.66. The molecule has 4 nitrogen and oxygen atoms in total. The molecule has 5 heteroatoms. The van der Waals surface area contributed by atoms with Gasteiger partial charge in [0.05, 0.1) is 17.6 Å². The molecule has 0 N–H and O–H groups in total. The molecule has 0 aliphatic carbocycles. The third kappa shape index (κ3) is 2.59. The van der Waals surface area contributed by atoms with Crippen molar-refractivity contribution in [3.63, 3.8) is 0 Å². The molecule has 1 saturated heterocycles. The highest BCUT2D eigenvalue weighted by molar-refractivity contribution is 7.07. The number of carbonyl (C=O) groups is 1. The lowest BCUT2D eigenvalue weighted by Gasteiger charge is -2.38. The Labute approximate surface area is 99.9 Å². The third-order valence-corrected chi connectivity index (χ3v) is 3.60. The smallest absolute Gasteiger partial charge is 0.228 e. The Morgan fingerprint density at radius 1 is 1.62 bits per heavy atom. The van der Waals surface area contributed by atoms with Gasteiger partial charge in [0, 0.05) is 31.1 Å². The molecule has 1 aliphatic rings. The summed E-state index contributed by atoms with van der Waals surface area (Å²) in [5, 5.41) is 1.94. The zero-order valence-electron chi connectivity index (χ0n) is 9.72. The first-order valence-electron chi connectivity index (χ1n) is 5.52. The zero-order chi connectivity index (χ0) is 11.5. The SMILES string of the molecule is C[C@@H]1CN(C)CCN1C(=O)Cc1cscn1. The fourth-order valence-corrected chi connectivity index (χ4v) is 2.65. The molecule has 16 heavy (non-hydrogen) atoms. The third-order valence-electron chi connectivity index (χ3n) is 2.97. The van der Waals surface area contributed by atoms with Crippen molar-refractivity contribution in [3.05, 3.63) is 16.6 Å². The van der Waals surface area contributed by atoms with Crippen molar-refractivity contribution in [1.82, 2.24) is 14.8 Å². The highest BCUT2D eigenvalue weighted by Crippen LogP contribution is 2.11. The Morgan fingerprint density at radius 3 is 3.06 bits per heavy atom. The van der Waals surface area contributed by atoms with E-state index in [9.17, 15) is 4.79 Å².